The van der Waals surface area contributed by atoms with E-state index < -0.39 is 6.36 Å². The molecule has 1 aliphatic rings. The van der Waals surface area contributed by atoms with E-state index in [-0.39, 0.29) is 30.7 Å². The van der Waals surface area contributed by atoms with Gasteiger partial charge in [0.05, 0.1) is 11.3 Å². The van der Waals surface area contributed by atoms with E-state index in [1.54, 1.807) is 37.5 Å². The summed E-state index contributed by atoms with van der Waals surface area (Å²) in [5, 5.41) is 10.0. The van der Waals surface area contributed by atoms with Crippen LogP contribution in [0.25, 0.3) is 11.1 Å². The number of likely N-dealkylation sites (N-methyl/N-ethyl adjacent to an activating group) is 1. The van der Waals surface area contributed by atoms with Crippen LogP contribution in [0.2, 0.25) is 0 Å². The van der Waals surface area contributed by atoms with Crippen molar-refractivity contribution in [2.75, 3.05) is 23.8 Å². The maximum absolute atomic E-state index is 13.5. The highest BCUT2D eigenvalue weighted by Crippen LogP contribution is 2.32. The minimum absolute atomic E-state index is 0.106. The first-order valence-corrected chi connectivity index (χ1v) is 11.2. The fraction of sp³-hybridized carbons (Fsp3) is 0.148. The smallest absolute Gasteiger partial charge is 0.406 e. The Bertz CT molecular complexity index is 1340. The summed E-state index contributed by atoms with van der Waals surface area (Å²) in [5.74, 6) is -0.920. The average Bonchev–Trinajstić information content (AvgIpc) is 2.95. The van der Waals surface area contributed by atoms with Crippen LogP contribution in [0.4, 0.5) is 24.5 Å². The molecule has 3 aromatic rings. The van der Waals surface area contributed by atoms with Crippen LogP contribution in [-0.4, -0.2) is 42.9 Å². The van der Waals surface area contributed by atoms with Crippen molar-refractivity contribution in [3.05, 3.63) is 90.1 Å². The van der Waals surface area contributed by atoms with Gasteiger partial charge in [-0.3, -0.25) is 9.59 Å². The van der Waals surface area contributed by atoms with Gasteiger partial charge in [0.1, 0.15) is 12.3 Å². The molecule has 0 saturated heterocycles. The Morgan fingerprint density at radius 1 is 1.00 bits per heavy atom. The molecule has 0 spiro atoms. The maximum atomic E-state index is 13.5. The molecule has 2 N–H and O–H groups in total. The van der Waals surface area contributed by atoms with Gasteiger partial charge < -0.3 is 25.3 Å². The second-order valence-electron chi connectivity index (χ2n) is 8.29. The molecule has 2 amide bonds. The normalized spacial score (nSPS) is 13.9. The molecular formula is C27H23F3N4O3. The number of amides is 2. The molecule has 0 aromatic heterocycles. The number of carbonyl (C=O) groups excluding carboxylic acids is 2. The van der Waals surface area contributed by atoms with Crippen LogP contribution < -0.4 is 15.0 Å². The highest BCUT2D eigenvalue weighted by Gasteiger charge is 2.32. The lowest BCUT2D eigenvalue weighted by atomic mass is 10.0. The van der Waals surface area contributed by atoms with Crippen LogP contribution >= 0.6 is 0 Å². The highest BCUT2D eigenvalue weighted by molar-refractivity contribution is 6.10. The molecule has 3 aromatic carbocycles. The van der Waals surface area contributed by atoms with Gasteiger partial charge >= 0.3 is 6.36 Å². The summed E-state index contributed by atoms with van der Waals surface area (Å²) in [5.41, 5.74) is 3.61. The van der Waals surface area contributed by atoms with Crippen molar-refractivity contribution in [2.24, 2.45) is 0 Å². The summed E-state index contributed by atoms with van der Waals surface area (Å²) in [6.07, 6.45) is -0.461. The predicted molar refractivity (Wildman–Crippen MR) is 135 cm³/mol. The second kappa shape index (κ2) is 10.6. The number of hydrogen-bond acceptors (Lipinski definition) is 5. The minimum atomic E-state index is -4.78. The van der Waals surface area contributed by atoms with Gasteiger partial charge in [-0.2, -0.15) is 0 Å². The average molecular weight is 509 g/mol. The number of allylic oxidation sites excluding steroid dienone is 1. The van der Waals surface area contributed by atoms with Crippen LogP contribution in [0.15, 0.2) is 79.0 Å². The van der Waals surface area contributed by atoms with Crippen molar-refractivity contribution in [3.8, 4) is 16.9 Å². The number of anilines is 2. The van der Waals surface area contributed by atoms with E-state index in [0.29, 0.717) is 22.4 Å². The van der Waals surface area contributed by atoms with E-state index in [9.17, 15) is 22.8 Å². The highest BCUT2D eigenvalue weighted by atomic mass is 19.4. The van der Waals surface area contributed by atoms with Crippen LogP contribution in [0.3, 0.4) is 0 Å². The van der Waals surface area contributed by atoms with Crippen LogP contribution in [0.1, 0.15) is 15.9 Å². The Hall–Kier alpha value is -4.60. The standard InChI is InChI=1S/C27H23F3N4O3/c1-33-24-12-7-20(19-5-10-22(11-6-19)37-27(28,29)30)15-23(24)26(36)34(17-25(33)35)16-18-3-8-21(9-4-18)32-14-2-13-31/h2-15,31-32H,16-17H2,1H3/b14-2-,31-13?. The molecule has 0 radical (unpaired) electrons. The summed E-state index contributed by atoms with van der Waals surface area (Å²) in [6, 6.07) is 17.7. The number of rotatable bonds is 7. The van der Waals surface area contributed by atoms with E-state index >= 15 is 0 Å². The molecular weight excluding hydrogens is 485 g/mol. The Kier molecular flexibility index (Phi) is 7.28. The lowest BCUT2D eigenvalue weighted by Crippen LogP contribution is -2.37. The summed E-state index contributed by atoms with van der Waals surface area (Å²) in [4.78, 5) is 29.2. The zero-order chi connectivity index (χ0) is 26.6. The van der Waals surface area contributed by atoms with Crippen LogP contribution in [-0.2, 0) is 11.3 Å². The van der Waals surface area contributed by atoms with E-state index in [1.165, 1.54) is 34.1 Å². The molecule has 1 heterocycles. The Morgan fingerprint density at radius 2 is 1.68 bits per heavy atom. The number of halogens is 3. The number of nitrogens with zero attached hydrogens (tertiary/aromatic N) is 2. The monoisotopic (exact) mass is 508 g/mol. The summed E-state index contributed by atoms with van der Waals surface area (Å²) in [6.45, 7) is 0.104. The van der Waals surface area contributed by atoms with Crippen LogP contribution in [0.5, 0.6) is 5.75 Å². The third-order valence-electron chi connectivity index (χ3n) is 5.77. The number of fused-ring (bicyclic) bond motifs is 1. The van der Waals surface area contributed by atoms with Gasteiger partial charge in [-0.15, -0.1) is 13.2 Å². The first-order chi connectivity index (χ1) is 17.6. The maximum Gasteiger partial charge on any atom is 0.573 e. The van der Waals surface area contributed by atoms with Gasteiger partial charge in [-0.25, -0.2) is 0 Å². The number of benzene rings is 3. The zero-order valence-corrected chi connectivity index (χ0v) is 19.8. The lowest BCUT2D eigenvalue weighted by Gasteiger charge is -2.20. The summed E-state index contributed by atoms with van der Waals surface area (Å²) in [7, 11) is 1.60. The molecule has 1 aliphatic heterocycles. The first-order valence-electron chi connectivity index (χ1n) is 11.2. The SMILES string of the molecule is CN1C(=O)CN(Cc2ccc(N/C=C\C=N)cc2)C(=O)c2cc(-c3ccc(OC(F)(F)F)cc3)ccc21. The third kappa shape index (κ3) is 6.16. The molecule has 0 bridgehead atoms. The molecule has 4 rings (SSSR count). The molecule has 0 aliphatic carbocycles. The summed E-state index contributed by atoms with van der Waals surface area (Å²) >= 11 is 0. The molecule has 0 fully saturated rings. The predicted octanol–water partition coefficient (Wildman–Crippen LogP) is 5.45. The van der Waals surface area contributed by atoms with Gasteiger partial charge in [-0.1, -0.05) is 30.3 Å². The van der Waals surface area contributed by atoms with E-state index in [2.05, 4.69) is 10.1 Å². The zero-order valence-electron chi connectivity index (χ0n) is 19.8. The molecule has 0 unspecified atom stereocenters. The van der Waals surface area contributed by atoms with Crippen molar-refractivity contribution in [1.29, 1.82) is 5.41 Å². The summed E-state index contributed by atoms with van der Waals surface area (Å²) < 4.78 is 41.3. The van der Waals surface area contributed by atoms with Crippen molar-refractivity contribution < 1.29 is 27.5 Å². The van der Waals surface area contributed by atoms with Crippen molar-refractivity contribution in [2.45, 2.75) is 12.9 Å². The van der Waals surface area contributed by atoms with Crippen LogP contribution in [0, 0.1) is 5.41 Å². The lowest BCUT2D eigenvalue weighted by molar-refractivity contribution is -0.274. The number of alkyl halides is 3. The van der Waals surface area contributed by atoms with Gasteiger partial charge in [-0.05, 0) is 59.2 Å². The van der Waals surface area contributed by atoms with Gasteiger partial charge in [0.25, 0.3) is 5.91 Å². The Labute approximate surface area is 211 Å². The minimum Gasteiger partial charge on any atom is -0.406 e. The van der Waals surface area contributed by atoms with Gasteiger partial charge in [0.15, 0.2) is 0 Å². The van der Waals surface area contributed by atoms with E-state index in [1.807, 2.05) is 24.3 Å². The fourth-order valence-corrected chi connectivity index (χ4v) is 3.92. The second-order valence-corrected chi connectivity index (χ2v) is 8.29. The topological polar surface area (TPSA) is 85.7 Å². The first kappa shape index (κ1) is 25.5. The molecule has 190 valence electrons. The number of nitrogens with one attached hydrogen (secondary N) is 2. The molecule has 7 nitrogen and oxygen atoms in total. The molecule has 0 atom stereocenters. The quantitative estimate of drug-likeness (QED) is 0.416. The van der Waals surface area contributed by atoms with Crippen molar-refractivity contribution >= 4 is 29.4 Å². The van der Waals surface area contributed by atoms with E-state index in [0.717, 1.165) is 17.5 Å². The number of ether oxygens (including phenoxy) is 1. The number of hydrogen-bond donors (Lipinski definition) is 2. The van der Waals surface area contributed by atoms with Crippen molar-refractivity contribution in [3.63, 3.8) is 0 Å². The third-order valence-corrected chi connectivity index (χ3v) is 5.77. The molecule has 0 saturated carbocycles. The molecule has 37 heavy (non-hydrogen) atoms. The Balaban J connectivity index is 1.59. The van der Waals surface area contributed by atoms with Crippen molar-refractivity contribution in [1.82, 2.24) is 4.90 Å². The van der Waals surface area contributed by atoms with E-state index in [4.69, 9.17) is 5.41 Å². The Morgan fingerprint density at radius 3 is 2.32 bits per heavy atom. The largest absolute Gasteiger partial charge is 0.573 e. The molecule has 10 heteroatoms. The van der Waals surface area contributed by atoms with Gasteiger partial charge in [0.2, 0.25) is 5.91 Å². The fourth-order valence-electron chi connectivity index (χ4n) is 3.92. The number of carbonyl (C=O) groups is 2. The van der Waals surface area contributed by atoms with Gasteiger partial charge in [0, 0.05) is 31.7 Å².